The minimum Gasteiger partial charge on any atom is -0.490 e. The van der Waals surface area contributed by atoms with E-state index in [9.17, 15) is 13.2 Å². The monoisotopic (exact) mass is 431 g/mol. The van der Waals surface area contributed by atoms with Crippen molar-refractivity contribution < 1.29 is 22.6 Å². The van der Waals surface area contributed by atoms with Crippen molar-refractivity contribution >= 4 is 0 Å². The molecule has 1 fully saturated rings. The molecule has 0 amide bonds. The fraction of sp³-hybridized carbons (Fsp3) is 0.391. The number of methoxy groups -OCH3 is 1. The van der Waals surface area contributed by atoms with E-state index in [1.54, 1.807) is 19.2 Å². The Labute approximate surface area is 178 Å². The summed E-state index contributed by atoms with van der Waals surface area (Å²) in [7, 11) is 1.74. The van der Waals surface area contributed by atoms with Crippen molar-refractivity contribution in [3.63, 3.8) is 0 Å². The van der Waals surface area contributed by atoms with E-state index < -0.39 is 11.9 Å². The van der Waals surface area contributed by atoms with Crippen molar-refractivity contribution in [2.75, 3.05) is 13.7 Å². The highest BCUT2D eigenvalue weighted by Gasteiger charge is 2.33. The topological polar surface area (TPSA) is 60.0 Å². The molecule has 2 heterocycles. The zero-order chi connectivity index (χ0) is 21.8. The molecule has 5 nitrogen and oxygen atoms in total. The molecule has 164 valence electrons. The summed E-state index contributed by atoms with van der Waals surface area (Å²) in [6.07, 6.45) is 2.37. The predicted molar refractivity (Wildman–Crippen MR) is 111 cm³/mol. The standard InChI is InChI=1S/C23H24F3N3O2/c1-30-14-15-2-7-18(8-3-15)31-19-9-4-16(5-10-19)20-11-6-17(12-27-20)22-28-13-21(29-22)23(24,25)26/h4-6,9-13,15,18H,2-3,7-8,14H2,1H3,(H,28,29). The zero-order valence-electron chi connectivity index (χ0n) is 17.2. The number of rotatable bonds is 6. The van der Waals surface area contributed by atoms with Crippen LogP contribution in [-0.2, 0) is 10.9 Å². The molecule has 1 aliphatic rings. The van der Waals surface area contributed by atoms with Gasteiger partial charge in [0.15, 0.2) is 0 Å². The number of benzene rings is 1. The van der Waals surface area contributed by atoms with Gasteiger partial charge in [0.25, 0.3) is 0 Å². The second-order valence-corrected chi connectivity index (χ2v) is 7.82. The number of hydrogen-bond donors (Lipinski definition) is 1. The molecular weight excluding hydrogens is 407 g/mol. The predicted octanol–water partition coefficient (Wildman–Crippen LogP) is 5.74. The fourth-order valence-electron chi connectivity index (χ4n) is 3.87. The Bertz CT molecular complexity index is 977. The van der Waals surface area contributed by atoms with Crippen LogP contribution in [0, 0.1) is 5.92 Å². The van der Waals surface area contributed by atoms with Crippen LogP contribution >= 0.6 is 0 Å². The summed E-state index contributed by atoms with van der Waals surface area (Å²) in [6, 6.07) is 11.2. The van der Waals surface area contributed by atoms with Crippen molar-refractivity contribution in [2.45, 2.75) is 38.0 Å². The van der Waals surface area contributed by atoms with Crippen LogP contribution in [0.15, 0.2) is 48.8 Å². The molecule has 3 aromatic rings. The van der Waals surface area contributed by atoms with E-state index in [0.29, 0.717) is 11.5 Å². The number of aromatic nitrogens is 3. The van der Waals surface area contributed by atoms with Crippen LogP contribution in [0.1, 0.15) is 31.4 Å². The molecule has 1 aromatic carbocycles. The molecule has 8 heteroatoms. The second-order valence-electron chi connectivity index (χ2n) is 7.82. The van der Waals surface area contributed by atoms with Gasteiger partial charge in [-0.3, -0.25) is 4.98 Å². The SMILES string of the molecule is COCC1CCC(Oc2ccc(-c3ccc(-c4ncc(C(F)(F)F)[nH]4)cn3)cc2)CC1. The summed E-state index contributed by atoms with van der Waals surface area (Å²) >= 11 is 0. The molecule has 1 saturated carbocycles. The number of aromatic amines is 1. The van der Waals surface area contributed by atoms with Crippen LogP contribution in [-0.4, -0.2) is 34.8 Å². The molecule has 1 aliphatic carbocycles. The van der Waals surface area contributed by atoms with E-state index in [1.807, 2.05) is 24.3 Å². The number of halogens is 3. The quantitative estimate of drug-likeness (QED) is 0.541. The Kier molecular flexibility index (Phi) is 6.27. The number of nitrogens with one attached hydrogen (secondary N) is 1. The molecular formula is C23H24F3N3O2. The van der Waals surface area contributed by atoms with Gasteiger partial charge in [-0.2, -0.15) is 13.2 Å². The fourth-order valence-corrected chi connectivity index (χ4v) is 3.87. The average Bonchev–Trinajstić information content (AvgIpc) is 3.27. The maximum Gasteiger partial charge on any atom is 0.432 e. The minimum atomic E-state index is -4.45. The molecule has 0 bridgehead atoms. The normalized spacial score (nSPS) is 19.4. The van der Waals surface area contributed by atoms with Crippen molar-refractivity contribution in [1.82, 2.24) is 15.0 Å². The summed E-state index contributed by atoms with van der Waals surface area (Å²) in [6.45, 7) is 0.816. The number of ether oxygens (including phenoxy) is 2. The third-order valence-electron chi connectivity index (χ3n) is 5.57. The first-order chi connectivity index (χ1) is 14.9. The van der Waals surface area contributed by atoms with E-state index in [0.717, 1.165) is 55.5 Å². The van der Waals surface area contributed by atoms with E-state index in [1.165, 1.54) is 6.20 Å². The van der Waals surface area contributed by atoms with Crippen LogP contribution in [0.5, 0.6) is 5.75 Å². The Morgan fingerprint density at radius 1 is 0.935 bits per heavy atom. The van der Waals surface area contributed by atoms with Gasteiger partial charge >= 0.3 is 6.18 Å². The third kappa shape index (κ3) is 5.25. The number of pyridine rings is 1. The summed E-state index contributed by atoms with van der Waals surface area (Å²) in [5.41, 5.74) is 1.23. The Hall–Kier alpha value is -2.87. The third-order valence-corrected chi connectivity index (χ3v) is 5.57. The van der Waals surface area contributed by atoms with Gasteiger partial charge in [0.1, 0.15) is 17.3 Å². The lowest BCUT2D eigenvalue weighted by atomic mass is 9.88. The van der Waals surface area contributed by atoms with Gasteiger partial charge in [-0.05, 0) is 68.0 Å². The summed E-state index contributed by atoms with van der Waals surface area (Å²) < 4.78 is 49.5. The summed E-state index contributed by atoms with van der Waals surface area (Å²) in [5, 5.41) is 0. The van der Waals surface area contributed by atoms with Gasteiger partial charge < -0.3 is 14.5 Å². The maximum absolute atomic E-state index is 12.7. The average molecular weight is 431 g/mol. The smallest absolute Gasteiger partial charge is 0.432 e. The Balaban J connectivity index is 1.37. The number of H-pyrrole nitrogens is 1. The molecule has 1 N–H and O–H groups in total. The van der Waals surface area contributed by atoms with Crippen molar-refractivity contribution in [3.05, 3.63) is 54.5 Å². The van der Waals surface area contributed by atoms with Crippen molar-refractivity contribution in [1.29, 1.82) is 0 Å². The lowest BCUT2D eigenvalue weighted by Crippen LogP contribution is -2.25. The molecule has 31 heavy (non-hydrogen) atoms. The molecule has 0 radical (unpaired) electrons. The lowest BCUT2D eigenvalue weighted by molar-refractivity contribution is -0.140. The first-order valence-electron chi connectivity index (χ1n) is 10.3. The molecule has 2 aromatic heterocycles. The first kappa shape index (κ1) is 21.4. The van der Waals surface area contributed by atoms with Crippen LogP contribution in [0.2, 0.25) is 0 Å². The highest BCUT2D eigenvalue weighted by Crippen LogP contribution is 2.31. The van der Waals surface area contributed by atoms with Crippen molar-refractivity contribution in [2.24, 2.45) is 5.92 Å². The molecule has 0 unspecified atom stereocenters. The largest absolute Gasteiger partial charge is 0.490 e. The number of imidazole rings is 1. The van der Waals surface area contributed by atoms with Crippen LogP contribution < -0.4 is 4.74 Å². The van der Waals surface area contributed by atoms with Gasteiger partial charge in [0, 0.05) is 31.0 Å². The van der Waals surface area contributed by atoms with Gasteiger partial charge in [0.2, 0.25) is 0 Å². The van der Waals surface area contributed by atoms with Crippen LogP contribution in [0.3, 0.4) is 0 Å². The lowest BCUT2D eigenvalue weighted by Gasteiger charge is -2.28. The van der Waals surface area contributed by atoms with Crippen LogP contribution in [0.25, 0.3) is 22.6 Å². The summed E-state index contributed by atoms with van der Waals surface area (Å²) in [4.78, 5) is 10.5. The number of hydrogen-bond acceptors (Lipinski definition) is 4. The van der Waals surface area contributed by atoms with E-state index in [-0.39, 0.29) is 11.9 Å². The number of alkyl halides is 3. The molecule has 0 atom stereocenters. The Morgan fingerprint density at radius 3 is 2.23 bits per heavy atom. The molecule has 0 spiro atoms. The Morgan fingerprint density at radius 2 is 1.65 bits per heavy atom. The molecule has 0 aliphatic heterocycles. The zero-order valence-corrected chi connectivity index (χ0v) is 17.2. The highest BCUT2D eigenvalue weighted by atomic mass is 19.4. The van der Waals surface area contributed by atoms with Gasteiger partial charge in [0.05, 0.1) is 18.0 Å². The number of nitrogens with zero attached hydrogens (tertiary/aromatic N) is 2. The van der Waals surface area contributed by atoms with E-state index in [2.05, 4.69) is 15.0 Å². The first-order valence-corrected chi connectivity index (χ1v) is 10.3. The van der Waals surface area contributed by atoms with Crippen molar-refractivity contribution in [3.8, 4) is 28.4 Å². The maximum atomic E-state index is 12.7. The molecule has 4 rings (SSSR count). The molecule has 0 saturated heterocycles. The van der Waals surface area contributed by atoms with Crippen LogP contribution in [0.4, 0.5) is 13.2 Å². The second kappa shape index (κ2) is 9.09. The highest BCUT2D eigenvalue weighted by molar-refractivity contribution is 5.63. The van der Waals surface area contributed by atoms with E-state index in [4.69, 9.17) is 9.47 Å². The van der Waals surface area contributed by atoms with Gasteiger partial charge in [-0.15, -0.1) is 0 Å². The van der Waals surface area contributed by atoms with Gasteiger partial charge in [-0.1, -0.05) is 0 Å². The minimum absolute atomic E-state index is 0.135. The van der Waals surface area contributed by atoms with E-state index >= 15 is 0 Å². The summed E-state index contributed by atoms with van der Waals surface area (Å²) in [5.74, 6) is 1.59. The van der Waals surface area contributed by atoms with Gasteiger partial charge in [-0.25, -0.2) is 4.98 Å².